The van der Waals surface area contributed by atoms with Gasteiger partial charge < -0.3 is 5.11 Å². The molecule has 0 atom stereocenters. The number of hydrogen-bond acceptors (Lipinski definition) is 3. The topological polar surface area (TPSA) is 57.6 Å². The first-order valence-corrected chi connectivity index (χ1v) is 4.05. The Bertz CT molecular complexity index is 294. The van der Waals surface area contributed by atoms with Crippen LogP contribution in [-0.2, 0) is 9.59 Å². The summed E-state index contributed by atoms with van der Waals surface area (Å²) in [6, 6.07) is 3.44. The number of carbonyl (C=O) groups excluding carboxylic acids is 1. The lowest BCUT2D eigenvalue weighted by molar-refractivity contribution is -0.148. The molecule has 12 heavy (non-hydrogen) atoms. The molecule has 0 saturated heterocycles. The Hall–Kier alpha value is -1.36. The Kier molecular flexibility index (Phi) is 2.44. The number of hydrogen-bond donors (Lipinski definition) is 1. The lowest BCUT2D eigenvalue weighted by Gasteiger charge is -2.10. The van der Waals surface area contributed by atoms with Crippen molar-refractivity contribution in [1.29, 1.82) is 0 Å². The van der Waals surface area contributed by atoms with Crippen molar-refractivity contribution in [2.75, 3.05) is 11.9 Å². The van der Waals surface area contributed by atoms with E-state index in [2.05, 4.69) is 0 Å². The van der Waals surface area contributed by atoms with Gasteiger partial charge in [0, 0.05) is 7.05 Å². The molecule has 0 spiro atoms. The van der Waals surface area contributed by atoms with Crippen molar-refractivity contribution in [2.45, 2.75) is 0 Å². The number of carboxylic acids is 1. The molecule has 0 aliphatic rings. The first-order chi connectivity index (χ1) is 5.63. The van der Waals surface area contributed by atoms with Crippen LogP contribution in [0.1, 0.15) is 0 Å². The number of amides is 1. The minimum Gasteiger partial charge on any atom is -0.474 e. The molecule has 1 rings (SSSR count). The lowest BCUT2D eigenvalue weighted by atomic mass is 10.5. The lowest BCUT2D eigenvalue weighted by Crippen LogP contribution is -2.32. The third-order valence-corrected chi connectivity index (χ3v) is 2.27. The van der Waals surface area contributed by atoms with Gasteiger partial charge in [0.25, 0.3) is 0 Å². The molecule has 64 valence electrons. The molecular weight excluding hydrogens is 178 g/mol. The fourth-order valence-electron chi connectivity index (χ4n) is 0.704. The second kappa shape index (κ2) is 3.36. The van der Waals surface area contributed by atoms with E-state index >= 15 is 0 Å². The molecule has 0 unspecified atom stereocenters. The van der Waals surface area contributed by atoms with Gasteiger partial charge >= 0.3 is 11.9 Å². The van der Waals surface area contributed by atoms with Gasteiger partial charge in [-0.2, -0.15) is 0 Å². The Balaban J connectivity index is 2.79. The van der Waals surface area contributed by atoms with Crippen LogP contribution in [0.15, 0.2) is 17.5 Å². The van der Waals surface area contributed by atoms with E-state index in [0.717, 1.165) is 4.90 Å². The number of thiophene rings is 1. The Morgan fingerprint density at radius 2 is 2.25 bits per heavy atom. The van der Waals surface area contributed by atoms with Crippen LogP contribution in [0.2, 0.25) is 0 Å². The molecule has 0 bridgehead atoms. The average molecular weight is 185 g/mol. The summed E-state index contributed by atoms with van der Waals surface area (Å²) in [4.78, 5) is 22.2. The summed E-state index contributed by atoms with van der Waals surface area (Å²) >= 11 is 1.32. The number of nitrogens with zero attached hydrogens (tertiary/aromatic N) is 1. The molecule has 1 aromatic heterocycles. The van der Waals surface area contributed by atoms with E-state index in [4.69, 9.17) is 5.11 Å². The van der Waals surface area contributed by atoms with Gasteiger partial charge in [0.15, 0.2) is 0 Å². The fourth-order valence-corrected chi connectivity index (χ4v) is 1.40. The van der Waals surface area contributed by atoms with Crippen molar-refractivity contribution in [2.24, 2.45) is 0 Å². The summed E-state index contributed by atoms with van der Waals surface area (Å²) in [5.74, 6) is -2.36. The van der Waals surface area contributed by atoms with Gasteiger partial charge in [0.05, 0.1) is 5.00 Å². The second-order valence-corrected chi connectivity index (χ2v) is 3.05. The summed E-state index contributed by atoms with van der Waals surface area (Å²) in [5, 5.41) is 10.8. The summed E-state index contributed by atoms with van der Waals surface area (Å²) in [7, 11) is 1.43. The van der Waals surface area contributed by atoms with Gasteiger partial charge in [-0.1, -0.05) is 0 Å². The quantitative estimate of drug-likeness (QED) is 0.658. The summed E-state index contributed by atoms with van der Waals surface area (Å²) in [6.45, 7) is 0. The van der Waals surface area contributed by atoms with Crippen LogP contribution in [0.5, 0.6) is 0 Å². The monoisotopic (exact) mass is 185 g/mol. The highest BCUT2D eigenvalue weighted by Crippen LogP contribution is 2.19. The zero-order valence-corrected chi connectivity index (χ0v) is 7.17. The van der Waals surface area contributed by atoms with Crippen LogP contribution >= 0.6 is 11.3 Å². The normalized spacial score (nSPS) is 9.42. The molecule has 0 aliphatic carbocycles. The van der Waals surface area contributed by atoms with Gasteiger partial charge in [-0.25, -0.2) is 4.79 Å². The van der Waals surface area contributed by atoms with E-state index in [1.165, 1.54) is 18.4 Å². The first kappa shape index (κ1) is 8.73. The number of anilines is 1. The number of aliphatic carboxylic acids is 1. The maximum absolute atomic E-state index is 10.9. The molecule has 0 saturated carbocycles. The van der Waals surface area contributed by atoms with Gasteiger partial charge in [-0.3, -0.25) is 9.69 Å². The first-order valence-electron chi connectivity index (χ1n) is 3.17. The predicted molar refractivity (Wildman–Crippen MR) is 45.4 cm³/mol. The van der Waals surface area contributed by atoms with Crippen molar-refractivity contribution < 1.29 is 14.7 Å². The van der Waals surface area contributed by atoms with E-state index < -0.39 is 11.9 Å². The second-order valence-electron chi connectivity index (χ2n) is 2.12. The Morgan fingerprint density at radius 1 is 1.58 bits per heavy atom. The molecule has 0 radical (unpaired) electrons. The van der Waals surface area contributed by atoms with Crippen LogP contribution < -0.4 is 4.90 Å². The molecular formula is C7H7NO3S. The molecule has 0 aromatic carbocycles. The molecule has 1 heterocycles. The molecule has 1 aromatic rings. The van der Waals surface area contributed by atoms with Crippen molar-refractivity contribution in [1.82, 2.24) is 0 Å². The number of likely N-dealkylation sites (N-methyl/N-ethyl adjacent to an activating group) is 1. The zero-order chi connectivity index (χ0) is 9.14. The van der Waals surface area contributed by atoms with Crippen LogP contribution in [0.25, 0.3) is 0 Å². The zero-order valence-electron chi connectivity index (χ0n) is 6.35. The van der Waals surface area contributed by atoms with Gasteiger partial charge in [0.1, 0.15) is 0 Å². The number of rotatable bonds is 1. The molecule has 5 heteroatoms. The summed E-state index contributed by atoms with van der Waals surface area (Å²) in [5.41, 5.74) is 0. The van der Waals surface area contributed by atoms with Crippen molar-refractivity contribution in [3.63, 3.8) is 0 Å². The highest BCUT2D eigenvalue weighted by Gasteiger charge is 2.18. The van der Waals surface area contributed by atoms with Crippen molar-refractivity contribution in [3.8, 4) is 0 Å². The van der Waals surface area contributed by atoms with E-state index in [0.29, 0.717) is 5.00 Å². The van der Waals surface area contributed by atoms with Crippen LogP contribution in [0.4, 0.5) is 5.00 Å². The highest BCUT2D eigenvalue weighted by atomic mass is 32.1. The molecule has 1 N–H and O–H groups in total. The SMILES string of the molecule is CN(C(=O)C(=O)O)c1cccs1. The predicted octanol–water partition coefficient (Wildman–Crippen LogP) is 0.795. The number of carbonyl (C=O) groups is 2. The molecule has 0 aliphatic heterocycles. The number of carboxylic acid groups (broad SMARTS) is 1. The third kappa shape index (κ3) is 1.62. The maximum atomic E-state index is 10.9. The van der Waals surface area contributed by atoms with Crippen LogP contribution in [-0.4, -0.2) is 24.0 Å². The summed E-state index contributed by atoms with van der Waals surface area (Å²) in [6.07, 6.45) is 0. The van der Waals surface area contributed by atoms with E-state index in [-0.39, 0.29) is 0 Å². The minimum atomic E-state index is -1.44. The Labute approximate surface area is 73.0 Å². The maximum Gasteiger partial charge on any atom is 0.394 e. The highest BCUT2D eigenvalue weighted by molar-refractivity contribution is 7.14. The third-order valence-electron chi connectivity index (χ3n) is 1.32. The molecule has 0 fully saturated rings. The fraction of sp³-hybridized carbons (Fsp3) is 0.143. The average Bonchev–Trinajstić information content (AvgIpc) is 2.53. The minimum absolute atomic E-state index is 0.627. The largest absolute Gasteiger partial charge is 0.474 e. The van der Waals surface area contributed by atoms with Gasteiger partial charge in [-0.05, 0) is 17.5 Å². The van der Waals surface area contributed by atoms with E-state index in [1.54, 1.807) is 17.5 Å². The van der Waals surface area contributed by atoms with Gasteiger partial charge in [0.2, 0.25) is 0 Å². The molecule has 1 amide bonds. The van der Waals surface area contributed by atoms with Gasteiger partial charge in [-0.15, -0.1) is 11.3 Å². The Morgan fingerprint density at radius 3 is 2.67 bits per heavy atom. The molecule has 4 nitrogen and oxygen atoms in total. The smallest absolute Gasteiger partial charge is 0.394 e. The van der Waals surface area contributed by atoms with Crippen molar-refractivity contribution >= 4 is 28.2 Å². The summed E-state index contributed by atoms with van der Waals surface area (Å²) < 4.78 is 0. The standard InChI is InChI=1S/C7H7NO3S/c1-8(6(9)7(10)11)5-3-2-4-12-5/h2-4H,1H3,(H,10,11). The van der Waals surface area contributed by atoms with E-state index in [1.807, 2.05) is 0 Å². The van der Waals surface area contributed by atoms with Crippen molar-refractivity contribution in [3.05, 3.63) is 17.5 Å². The van der Waals surface area contributed by atoms with Crippen LogP contribution in [0, 0.1) is 0 Å². The van der Waals surface area contributed by atoms with Crippen LogP contribution in [0.3, 0.4) is 0 Å². The van der Waals surface area contributed by atoms with E-state index in [9.17, 15) is 9.59 Å².